The van der Waals surface area contributed by atoms with Crippen LogP contribution in [-0.2, 0) is 22.0 Å². The van der Waals surface area contributed by atoms with E-state index in [0.717, 1.165) is 37.1 Å². The van der Waals surface area contributed by atoms with Crippen molar-refractivity contribution in [3.63, 3.8) is 0 Å². The number of pyridine rings is 1. The normalized spacial score (nSPS) is 15.6. The van der Waals surface area contributed by atoms with Crippen molar-refractivity contribution in [3.8, 4) is 0 Å². The average molecular weight is 544 g/mol. The van der Waals surface area contributed by atoms with E-state index in [4.69, 9.17) is 0 Å². The molecule has 1 saturated heterocycles. The number of hydrogen-bond donors (Lipinski definition) is 1. The molecule has 0 spiro atoms. The highest BCUT2D eigenvalue weighted by molar-refractivity contribution is 7.91. The maximum Gasteiger partial charge on any atom is 0.228 e. The first-order valence-electron chi connectivity index (χ1n) is 12.8. The highest BCUT2D eigenvalue weighted by Gasteiger charge is 2.30. The van der Waals surface area contributed by atoms with Gasteiger partial charge in [-0.15, -0.1) is 0 Å². The van der Waals surface area contributed by atoms with Crippen LogP contribution in [0.25, 0.3) is 0 Å². The van der Waals surface area contributed by atoms with Crippen molar-refractivity contribution in [2.24, 2.45) is 0 Å². The lowest BCUT2D eigenvalue weighted by molar-refractivity contribution is 0.252. The summed E-state index contributed by atoms with van der Waals surface area (Å²) in [5, 5.41) is 2.98. The van der Waals surface area contributed by atoms with Crippen LogP contribution in [0.1, 0.15) is 67.5 Å². The van der Waals surface area contributed by atoms with Crippen LogP contribution in [0.4, 0.5) is 20.5 Å². The van der Waals surface area contributed by atoms with Gasteiger partial charge in [0, 0.05) is 23.7 Å². The first-order chi connectivity index (χ1) is 17.8. The number of nitrogens with zero attached hydrogens (tertiary/aromatic N) is 4. The molecule has 0 unspecified atom stereocenters. The lowest BCUT2D eigenvalue weighted by atomic mass is 9.90. The summed E-state index contributed by atoms with van der Waals surface area (Å²) in [6.07, 6.45) is 3.81. The number of sulfone groups is 1. The van der Waals surface area contributed by atoms with Gasteiger partial charge in [-0.25, -0.2) is 27.8 Å². The molecule has 1 aliphatic rings. The first-order valence-corrected chi connectivity index (χ1v) is 14.4. The lowest BCUT2D eigenvalue weighted by Crippen LogP contribution is -2.29. The van der Waals surface area contributed by atoms with Gasteiger partial charge < -0.3 is 10.2 Å². The molecule has 4 rings (SSSR count). The van der Waals surface area contributed by atoms with E-state index in [9.17, 15) is 17.2 Å². The van der Waals surface area contributed by atoms with E-state index >= 15 is 0 Å². The van der Waals surface area contributed by atoms with Gasteiger partial charge in [-0.3, -0.25) is 0 Å². The minimum absolute atomic E-state index is 0.131. The zero-order chi connectivity index (χ0) is 27.7. The quantitative estimate of drug-likeness (QED) is 0.404. The number of nitrogens with one attached hydrogen (secondary N) is 1. The number of halogens is 2. The molecular weight excluding hydrogens is 508 g/mol. The number of rotatable bonds is 7. The van der Waals surface area contributed by atoms with E-state index in [1.54, 1.807) is 51.2 Å². The van der Waals surface area contributed by atoms with E-state index in [-0.39, 0.29) is 23.2 Å². The largest absolute Gasteiger partial charge is 0.309 e. The molecule has 3 aromatic rings. The van der Waals surface area contributed by atoms with Gasteiger partial charge in [-0.2, -0.15) is 4.39 Å². The average Bonchev–Trinajstić information content (AvgIpc) is 2.83. The van der Waals surface area contributed by atoms with Crippen LogP contribution in [0, 0.1) is 18.7 Å². The van der Waals surface area contributed by atoms with Crippen LogP contribution < -0.4 is 5.32 Å². The minimum Gasteiger partial charge on any atom is -0.309 e. The number of aryl methyl sites for hydroxylation is 1. The van der Waals surface area contributed by atoms with Gasteiger partial charge in [0.15, 0.2) is 9.84 Å². The molecule has 0 aliphatic carbocycles. The molecule has 1 N–H and O–H groups in total. The molecule has 1 aromatic carbocycles. The SMILES string of the molecule is Cc1cnc(Nc2ccc(C3CCN(C)CC3)c(F)n2)nc1Cc1ccc(F)c(CS(=O)(=O)C(C)(C)C)c1. The van der Waals surface area contributed by atoms with E-state index in [1.165, 1.54) is 6.07 Å². The number of anilines is 2. The predicted molar refractivity (Wildman–Crippen MR) is 145 cm³/mol. The summed E-state index contributed by atoms with van der Waals surface area (Å²) >= 11 is 0. The third-order valence-corrected chi connectivity index (χ3v) is 9.67. The van der Waals surface area contributed by atoms with Gasteiger partial charge in [-0.05, 0) is 89.9 Å². The monoisotopic (exact) mass is 543 g/mol. The molecule has 3 heterocycles. The van der Waals surface area contributed by atoms with Gasteiger partial charge >= 0.3 is 0 Å². The molecule has 204 valence electrons. The van der Waals surface area contributed by atoms with Crippen molar-refractivity contribution in [1.82, 2.24) is 19.9 Å². The van der Waals surface area contributed by atoms with Crippen molar-refractivity contribution in [2.45, 2.75) is 63.4 Å². The van der Waals surface area contributed by atoms with Gasteiger partial charge in [0.05, 0.1) is 16.2 Å². The number of benzene rings is 1. The Morgan fingerprint density at radius 2 is 1.79 bits per heavy atom. The second-order valence-corrected chi connectivity index (χ2v) is 13.8. The van der Waals surface area contributed by atoms with Gasteiger partial charge in [0.1, 0.15) is 11.6 Å². The molecule has 0 radical (unpaired) electrons. The van der Waals surface area contributed by atoms with Crippen molar-refractivity contribution in [3.05, 3.63) is 76.2 Å². The zero-order valence-electron chi connectivity index (χ0n) is 22.6. The third-order valence-electron chi connectivity index (χ3n) is 7.11. The molecule has 1 fully saturated rings. The maximum absolute atomic E-state index is 14.8. The van der Waals surface area contributed by atoms with Crippen molar-refractivity contribution >= 4 is 21.6 Å². The maximum atomic E-state index is 14.8. The summed E-state index contributed by atoms with van der Waals surface area (Å²) in [5.41, 5.74) is 2.99. The molecule has 0 saturated carbocycles. The molecule has 0 amide bonds. The first kappa shape index (κ1) is 28.0. The van der Waals surface area contributed by atoms with Crippen LogP contribution in [0.5, 0.6) is 0 Å². The molecule has 0 bridgehead atoms. The second-order valence-electron chi connectivity index (χ2n) is 11.1. The summed E-state index contributed by atoms with van der Waals surface area (Å²) in [6.45, 7) is 8.55. The standard InChI is InChI=1S/C28H35F2N5O2S/c1-18-16-31-27(34-25-9-7-22(26(30)33-25)20-10-12-35(5)13-11-20)32-24(18)15-19-6-8-23(29)21(14-19)17-38(36,37)28(2,3)4/h6-9,14,16,20H,10-13,15,17H2,1-5H3,(H,31,32,33,34). The number of hydrogen-bond acceptors (Lipinski definition) is 7. The molecular formula is C28H35F2N5O2S. The Bertz CT molecular complexity index is 1420. The van der Waals surface area contributed by atoms with E-state index in [1.807, 2.05) is 6.92 Å². The Labute approximate surface area is 223 Å². The predicted octanol–water partition coefficient (Wildman–Crippen LogP) is 5.32. The smallest absolute Gasteiger partial charge is 0.228 e. The molecule has 7 nitrogen and oxygen atoms in total. The summed E-state index contributed by atoms with van der Waals surface area (Å²) in [5.74, 6) is -0.682. The van der Waals surface area contributed by atoms with Gasteiger partial charge in [0.25, 0.3) is 0 Å². The van der Waals surface area contributed by atoms with E-state index in [0.29, 0.717) is 23.5 Å². The van der Waals surface area contributed by atoms with E-state index in [2.05, 4.69) is 32.2 Å². The van der Waals surface area contributed by atoms with Gasteiger partial charge in [-0.1, -0.05) is 18.2 Å². The van der Waals surface area contributed by atoms with E-state index < -0.39 is 26.3 Å². The Morgan fingerprint density at radius 1 is 1.08 bits per heavy atom. The third kappa shape index (κ3) is 6.53. The highest BCUT2D eigenvalue weighted by Crippen LogP contribution is 2.30. The van der Waals surface area contributed by atoms with Crippen molar-refractivity contribution in [2.75, 3.05) is 25.5 Å². The highest BCUT2D eigenvalue weighted by atomic mass is 32.2. The number of piperidine rings is 1. The minimum atomic E-state index is -3.54. The van der Waals surface area contributed by atoms with Crippen LogP contribution in [0.15, 0.2) is 36.5 Å². The fraction of sp³-hybridized carbons (Fsp3) is 0.464. The van der Waals surface area contributed by atoms with Crippen molar-refractivity contribution < 1.29 is 17.2 Å². The van der Waals surface area contributed by atoms with Crippen molar-refractivity contribution in [1.29, 1.82) is 0 Å². The molecule has 38 heavy (non-hydrogen) atoms. The molecule has 0 atom stereocenters. The lowest BCUT2D eigenvalue weighted by Gasteiger charge is -2.29. The zero-order valence-corrected chi connectivity index (χ0v) is 23.4. The fourth-order valence-electron chi connectivity index (χ4n) is 4.43. The topological polar surface area (TPSA) is 88.1 Å². The van der Waals surface area contributed by atoms with Crippen LogP contribution >= 0.6 is 0 Å². The Hall–Kier alpha value is -2.98. The van der Waals surface area contributed by atoms with Gasteiger partial charge in [0.2, 0.25) is 11.9 Å². The Balaban J connectivity index is 1.51. The molecule has 1 aliphatic heterocycles. The van der Waals surface area contributed by atoms with Crippen LogP contribution in [-0.4, -0.2) is 53.2 Å². The fourth-order valence-corrected chi connectivity index (χ4v) is 5.50. The number of likely N-dealkylation sites (tertiary alicyclic amines) is 1. The Morgan fingerprint density at radius 3 is 2.45 bits per heavy atom. The van der Waals surface area contributed by atoms with Crippen LogP contribution in [0.3, 0.4) is 0 Å². The second kappa shape index (κ2) is 11.0. The Kier molecular flexibility index (Phi) is 8.13. The summed E-state index contributed by atoms with van der Waals surface area (Å²) in [7, 11) is -1.47. The molecule has 2 aromatic heterocycles. The summed E-state index contributed by atoms with van der Waals surface area (Å²) in [4.78, 5) is 15.2. The summed E-state index contributed by atoms with van der Waals surface area (Å²) < 4.78 is 53.6. The van der Waals surface area contributed by atoms with Crippen LogP contribution in [0.2, 0.25) is 0 Å². The molecule has 10 heteroatoms. The summed E-state index contributed by atoms with van der Waals surface area (Å²) in [6, 6.07) is 8.00. The number of aromatic nitrogens is 3.